The molecule has 1 aromatic heterocycles. The van der Waals surface area contributed by atoms with Gasteiger partial charge in [0.05, 0.1) is 42.3 Å². The van der Waals surface area contributed by atoms with E-state index in [0.29, 0.717) is 19.5 Å². The van der Waals surface area contributed by atoms with E-state index in [1.165, 1.54) is 6.20 Å². The predicted molar refractivity (Wildman–Crippen MR) is 138 cm³/mol. The zero-order valence-corrected chi connectivity index (χ0v) is 23.1. The molecule has 2 amide bonds. The molecule has 2 aliphatic rings. The first-order chi connectivity index (χ1) is 16.1. The van der Waals surface area contributed by atoms with Crippen molar-refractivity contribution in [3.05, 3.63) is 23.8 Å². The second-order valence-corrected chi connectivity index (χ2v) is 11.7. The van der Waals surface area contributed by atoms with Crippen molar-refractivity contribution in [2.45, 2.75) is 78.4 Å². The lowest BCUT2D eigenvalue weighted by atomic mass is 9.88. The van der Waals surface area contributed by atoms with Crippen LogP contribution in [0.2, 0.25) is 0 Å². The van der Waals surface area contributed by atoms with Gasteiger partial charge in [-0.2, -0.15) is 0 Å². The molecule has 0 aromatic carbocycles. The van der Waals surface area contributed by atoms with Gasteiger partial charge in [0.15, 0.2) is 0 Å². The molecular weight excluding hydrogens is 490 g/mol. The van der Waals surface area contributed by atoms with Crippen LogP contribution in [0.25, 0.3) is 0 Å². The number of aromatic nitrogens is 2. The Morgan fingerprint density at radius 3 is 2.26 bits per heavy atom. The van der Waals surface area contributed by atoms with Crippen molar-refractivity contribution in [1.82, 2.24) is 24.1 Å². The Morgan fingerprint density at radius 2 is 1.77 bits per heavy atom. The summed E-state index contributed by atoms with van der Waals surface area (Å²) in [6.07, 6.45) is 9.20. The summed E-state index contributed by atoms with van der Waals surface area (Å²) in [5.74, 6) is -1.35. The van der Waals surface area contributed by atoms with Gasteiger partial charge in [-0.1, -0.05) is 40.5 Å². The van der Waals surface area contributed by atoms with Crippen molar-refractivity contribution in [2.75, 3.05) is 25.9 Å². The Bertz CT molecular complexity index is 965. The molecule has 11 heteroatoms. The van der Waals surface area contributed by atoms with E-state index >= 15 is 0 Å². The number of unbranched alkanes of at least 4 members (excludes halogenated alkanes) is 2. The third kappa shape index (κ3) is 6.51. The predicted octanol–water partition coefficient (Wildman–Crippen LogP) is 2.96. The van der Waals surface area contributed by atoms with Crippen LogP contribution in [0.3, 0.4) is 0 Å². The Labute approximate surface area is 216 Å². The largest absolute Gasteiger partial charge is 0.331 e. The zero-order valence-electron chi connectivity index (χ0n) is 21.5. The monoisotopic (exact) mass is 529 g/mol. The van der Waals surface area contributed by atoms with E-state index in [-0.39, 0.29) is 29.9 Å². The van der Waals surface area contributed by atoms with Crippen LogP contribution in [-0.4, -0.2) is 82.3 Å². The minimum atomic E-state index is -3.70. The number of rotatable bonds is 11. The summed E-state index contributed by atoms with van der Waals surface area (Å²) in [4.78, 5) is 39.3. The average Bonchev–Trinajstić information content (AvgIpc) is 3.31. The summed E-state index contributed by atoms with van der Waals surface area (Å²) in [5, 5.41) is 0. The minimum absolute atomic E-state index is 0. The molecule has 35 heavy (non-hydrogen) atoms. The zero-order chi connectivity index (χ0) is 25.0. The number of sulfonamides is 1. The molecule has 1 aromatic rings. The van der Waals surface area contributed by atoms with E-state index in [9.17, 15) is 18.0 Å². The van der Waals surface area contributed by atoms with Crippen LogP contribution < -0.4 is 0 Å². The normalized spacial score (nSPS) is 22.1. The molecule has 3 heterocycles. The maximum Gasteiger partial charge on any atom is 0.274 e. The van der Waals surface area contributed by atoms with Crippen LogP contribution >= 0.6 is 12.4 Å². The number of nitrogens with zero attached hydrogens (tertiary/aromatic N) is 5. The van der Waals surface area contributed by atoms with Gasteiger partial charge in [-0.25, -0.2) is 17.7 Å². The average molecular weight is 530 g/mol. The van der Waals surface area contributed by atoms with Crippen LogP contribution in [0.15, 0.2) is 12.4 Å². The molecule has 2 saturated heterocycles. The van der Waals surface area contributed by atoms with Crippen molar-refractivity contribution in [3.8, 4) is 0 Å². The second-order valence-electron chi connectivity index (χ2n) is 9.89. The minimum Gasteiger partial charge on any atom is -0.331 e. The first kappa shape index (κ1) is 29.5. The quantitative estimate of drug-likeness (QED) is 0.434. The van der Waals surface area contributed by atoms with Gasteiger partial charge in [-0.3, -0.25) is 19.5 Å². The van der Waals surface area contributed by atoms with Gasteiger partial charge >= 0.3 is 0 Å². The molecule has 2 aliphatic heterocycles. The van der Waals surface area contributed by atoms with Crippen LogP contribution in [0.5, 0.6) is 0 Å². The first-order valence-corrected chi connectivity index (χ1v) is 14.3. The molecule has 3 rings (SSSR count). The molecule has 198 valence electrons. The van der Waals surface area contributed by atoms with Gasteiger partial charge in [0.2, 0.25) is 15.9 Å². The number of likely N-dealkylation sites (tertiary alicyclic amines) is 1. The number of amides is 2. The van der Waals surface area contributed by atoms with E-state index in [0.717, 1.165) is 55.0 Å². The molecule has 2 fully saturated rings. The second kappa shape index (κ2) is 12.5. The van der Waals surface area contributed by atoms with Gasteiger partial charge in [-0.05, 0) is 38.3 Å². The number of carbonyl (C=O) groups excluding carboxylic acids is 2. The van der Waals surface area contributed by atoms with Crippen LogP contribution in [0, 0.1) is 11.8 Å². The van der Waals surface area contributed by atoms with Gasteiger partial charge in [0.1, 0.15) is 5.69 Å². The lowest BCUT2D eigenvalue weighted by Gasteiger charge is -2.29. The highest BCUT2D eigenvalue weighted by Gasteiger charge is 2.58. The maximum atomic E-state index is 13.4. The molecule has 0 spiro atoms. The van der Waals surface area contributed by atoms with Gasteiger partial charge in [0.25, 0.3) is 5.91 Å². The number of hydrogen-bond donors (Lipinski definition) is 0. The fourth-order valence-electron chi connectivity index (χ4n) is 5.23. The van der Waals surface area contributed by atoms with Gasteiger partial charge in [0, 0.05) is 13.1 Å². The standard InChI is InChI=1S/C24H39N5O4S.ClH/c1-6-8-11-27(12-9-7-2)16-18-14-26-19(15-25-18)23(30)28-13-10-20-22(28)21(17(3)4)24(31)29(20)34(5,32)33;/h14-15,17,20-22H,6-13,16H2,1-5H3;1H/t20-,21+,22-;/m0./s1. The van der Waals surface area contributed by atoms with Crippen LogP contribution in [-0.2, 0) is 21.4 Å². The Hall–Kier alpha value is -1.78. The molecular formula is C24H40ClN5O4S. The van der Waals surface area contributed by atoms with E-state index in [1.807, 2.05) is 13.8 Å². The fraction of sp³-hybridized carbons (Fsp3) is 0.750. The van der Waals surface area contributed by atoms with Gasteiger partial charge in [-0.15, -0.1) is 12.4 Å². The summed E-state index contributed by atoms with van der Waals surface area (Å²) in [5.41, 5.74) is 1.05. The van der Waals surface area contributed by atoms with Crippen LogP contribution in [0.4, 0.5) is 0 Å². The lowest BCUT2D eigenvalue weighted by molar-refractivity contribution is -0.129. The smallest absolute Gasteiger partial charge is 0.274 e. The summed E-state index contributed by atoms with van der Waals surface area (Å²) >= 11 is 0. The fourth-order valence-corrected chi connectivity index (χ4v) is 6.40. The summed E-state index contributed by atoms with van der Waals surface area (Å²) < 4.78 is 25.7. The summed E-state index contributed by atoms with van der Waals surface area (Å²) in [6.45, 7) is 11.3. The van der Waals surface area contributed by atoms with Gasteiger partial charge < -0.3 is 4.90 Å². The molecule has 0 radical (unpaired) electrons. The number of carbonyl (C=O) groups is 2. The van der Waals surface area contributed by atoms with Crippen molar-refractivity contribution in [3.63, 3.8) is 0 Å². The first-order valence-electron chi connectivity index (χ1n) is 12.5. The topological polar surface area (TPSA) is 104 Å². The Kier molecular flexibility index (Phi) is 10.5. The Morgan fingerprint density at radius 1 is 1.14 bits per heavy atom. The molecule has 0 saturated carbocycles. The number of halogens is 1. The summed E-state index contributed by atoms with van der Waals surface area (Å²) in [6, 6.07) is -0.994. The third-order valence-corrected chi connectivity index (χ3v) is 8.06. The van der Waals surface area contributed by atoms with Crippen molar-refractivity contribution < 1.29 is 18.0 Å². The SMILES string of the molecule is CCCCN(CCCC)Cc1cnc(C(=O)N2CC[C@H]3[C@H]2[C@@H](C(C)C)C(=O)N3S(C)(=O)=O)cn1.Cl. The molecule has 0 unspecified atom stereocenters. The molecule has 0 bridgehead atoms. The highest BCUT2D eigenvalue weighted by atomic mass is 35.5. The van der Waals surface area contributed by atoms with E-state index in [1.54, 1.807) is 11.1 Å². The van der Waals surface area contributed by atoms with Crippen LogP contribution in [0.1, 0.15) is 76.0 Å². The van der Waals surface area contributed by atoms with E-state index in [4.69, 9.17) is 0 Å². The maximum absolute atomic E-state index is 13.4. The highest BCUT2D eigenvalue weighted by Crippen LogP contribution is 2.41. The van der Waals surface area contributed by atoms with E-state index in [2.05, 4.69) is 28.7 Å². The van der Waals surface area contributed by atoms with Crippen molar-refractivity contribution >= 4 is 34.2 Å². The van der Waals surface area contributed by atoms with E-state index < -0.39 is 33.9 Å². The third-order valence-electron chi connectivity index (χ3n) is 6.89. The summed E-state index contributed by atoms with van der Waals surface area (Å²) in [7, 11) is -3.70. The Balaban J connectivity index is 0.00000432. The number of hydrogen-bond acceptors (Lipinski definition) is 7. The number of fused-ring (bicyclic) bond motifs is 1. The highest BCUT2D eigenvalue weighted by molar-refractivity contribution is 7.88. The van der Waals surface area contributed by atoms with Crippen molar-refractivity contribution in [1.29, 1.82) is 0 Å². The molecule has 9 nitrogen and oxygen atoms in total. The molecule has 0 N–H and O–H groups in total. The molecule has 0 aliphatic carbocycles. The van der Waals surface area contributed by atoms with Crippen molar-refractivity contribution in [2.24, 2.45) is 11.8 Å². The lowest BCUT2D eigenvalue weighted by Crippen LogP contribution is -2.44. The molecule has 3 atom stereocenters.